The van der Waals surface area contributed by atoms with E-state index in [0.29, 0.717) is 22.8 Å². The maximum atomic E-state index is 11.9. The third-order valence-electron chi connectivity index (χ3n) is 2.93. The van der Waals surface area contributed by atoms with Gasteiger partial charge in [0.05, 0.1) is 0 Å². The number of benzene rings is 1. The van der Waals surface area contributed by atoms with Crippen LogP contribution in [0.25, 0.3) is 0 Å². The largest absolute Gasteiger partial charge is 0.477 e. The fourth-order valence-electron chi connectivity index (χ4n) is 1.83. The highest BCUT2D eigenvalue weighted by atomic mass is 32.2. The maximum absolute atomic E-state index is 11.9. The molecule has 1 aromatic heterocycles. The van der Waals surface area contributed by atoms with Gasteiger partial charge in [-0.2, -0.15) is 0 Å². The second-order valence-electron chi connectivity index (χ2n) is 4.65. The van der Waals surface area contributed by atoms with Crippen LogP contribution in [0.1, 0.15) is 31.3 Å². The minimum atomic E-state index is -1.29. The molecule has 0 radical (unpaired) electrons. The molecular weight excluding hydrogens is 332 g/mol. The maximum Gasteiger partial charge on any atom is 0.354 e. The lowest BCUT2D eigenvalue weighted by molar-refractivity contribution is 0.0684. The predicted molar refractivity (Wildman–Crippen MR) is 87.7 cm³/mol. The highest BCUT2D eigenvalue weighted by Crippen LogP contribution is 2.19. The minimum absolute atomic E-state index is 0.205. The summed E-state index contributed by atoms with van der Waals surface area (Å²) in [6.07, 6.45) is 0. The molecule has 7 nitrogen and oxygen atoms in total. The van der Waals surface area contributed by atoms with Crippen LogP contribution in [0, 0.1) is 0 Å². The molecule has 0 aliphatic rings. The van der Waals surface area contributed by atoms with Gasteiger partial charge >= 0.3 is 11.9 Å². The van der Waals surface area contributed by atoms with Gasteiger partial charge in [0.1, 0.15) is 11.4 Å². The summed E-state index contributed by atoms with van der Waals surface area (Å²) in [6, 6.07) is 11.4. The van der Waals surface area contributed by atoms with Gasteiger partial charge in [-0.15, -0.1) is 11.8 Å². The molecule has 2 aromatic rings. The Morgan fingerprint density at radius 1 is 1.00 bits per heavy atom. The van der Waals surface area contributed by atoms with Gasteiger partial charge in [0.2, 0.25) is 0 Å². The van der Waals surface area contributed by atoms with Crippen molar-refractivity contribution in [3.8, 4) is 0 Å². The number of hydrogen-bond donors (Lipinski definition) is 3. The van der Waals surface area contributed by atoms with E-state index in [0.717, 1.165) is 0 Å². The Bertz CT molecular complexity index is 732. The van der Waals surface area contributed by atoms with E-state index in [9.17, 15) is 14.4 Å². The highest BCUT2D eigenvalue weighted by Gasteiger charge is 2.13. The zero-order valence-corrected chi connectivity index (χ0v) is 13.2. The van der Waals surface area contributed by atoms with E-state index in [2.05, 4.69) is 10.3 Å². The lowest BCUT2D eigenvalue weighted by Crippen LogP contribution is -2.25. The molecule has 0 fully saturated rings. The number of nitrogens with zero attached hydrogens (tertiary/aromatic N) is 1. The molecule has 124 valence electrons. The molecule has 0 bridgehead atoms. The SMILES string of the molecule is O=C(NCCSc1cc(C(=O)O)nc(C(=O)O)c1)c1ccccc1. The fourth-order valence-corrected chi connectivity index (χ4v) is 2.66. The molecule has 0 atom stereocenters. The summed E-state index contributed by atoms with van der Waals surface area (Å²) in [5.74, 6) is -2.33. The number of amides is 1. The van der Waals surface area contributed by atoms with Gasteiger partial charge < -0.3 is 15.5 Å². The van der Waals surface area contributed by atoms with E-state index in [4.69, 9.17) is 10.2 Å². The quantitative estimate of drug-likeness (QED) is 0.518. The highest BCUT2D eigenvalue weighted by molar-refractivity contribution is 7.99. The Balaban J connectivity index is 1.93. The first-order valence-corrected chi connectivity index (χ1v) is 7.90. The number of carboxylic acids is 2. The van der Waals surface area contributed by atoms with E-state index in [1.165, 1.54) is 23.9 Å². The Labute approximate surface area is 141 Å². The van der Waals surface area contributed by atoms with Crippen molar-refractivity contribution in [2.45, 2.75) is 4.90 Å². The Kier molecular flexibility index (Phi) is 5.91. The summed E-state index contributed by atoms with van der Waals surface area (Å²) in [5.41, 5.74) is -0.107. The first-order valence-electron chi connectivity index (χ1n) is 6.92. The van der Waals surface area contributed by atoms with Crippen LogP contribution in [-0.4, -0.2) is 45.3 Å². The zero-order chi connectivity index (χ0) is 17.5. The monoisotopic (exact) mass is 346 g/mol. The lowest BCUT2D eigenvalue weighted by atomic mass is 10.2. The molecule has 2 rings (SSSR count). The van der Waals surface area contributed by atoms with Gasteiger partial charge in [0, 0.05) is 22.8 Å². The van der Waals surface area contributed by atoms with Crippen LogP contribution in [0.2, 0.25) is 0 Å². The van der Waals surface area contributed by atoms with Crippen molar-refractivity contribution >= 4 is 29.6 Å². The summed E-state index contributed by atoms with van der Waals surface area (Å²) >= 11 is 1.24. The Hall–Kier alpha value is -2.87. The first-order chi connectivity index (χ1) is 11.5. The molecule has 0 unspecified atom stereocenters. The van der Waals surface area contributed by atoms with E-state index in [-0.39, 0.29) is 17.3 Å². The van der Waals surface area contributed by atoms with Crippen LogP contribution >= 0.6 is 11.8 Å². The molecule has 1 aromatic carbocycles. The van der Waals surface area contributed by atoms with Gasteiger partial charge in [-0.05, 0) is 24.3 Å². The number of carbonyl (C=O) groups excluding carboxylic acids is 1. The van der Waals surface area contributed by atoms with Crippen molar-refractivity contribution in [3.05, 3.63) is 59.4 Å². The van der Waals surface area contributed by atoms with Crippen LogP contribution in [0.4, 0.5) is 0 Å². The van der Waals surface area contributed by atoms with Crippen molar-refractivity contribution in [3.63, 3.8) is 0 Å². The van der Waals surface area contributed by atoms with Crippen LogP contribution in [-0.2, 0) is 0 Å². The van der Waals surface area contributed by atoms with Crippen LogP contribution in [0.15, 0.2) is 47.4 Å². The second-order valence-corrected chi connectivity index (χ2v) is 5.82. The number of carbonyl (C=O) groups is 3. The van der Waals surface area contributed by atoms with Crippen molar-refractivity contribution in [2.75, 3.05) is 12.3 Å². The molecule has 24 heavy (non-hydrogen) atoms. The molecule has 0 aliphatic heterocycles. The second kappa shape index (κ2) is 8.11. The summed E-state index contributed by atoms with van der Waals surface area (Å²) in [4.78, 5) is 37.8. The fraction of sp³-hybridized carbons (Fsp3) is 0.125. The van der Waals surface area contributed by atoms with Gasteiger partial charge in [0.15, 0.2) is 0 Å². The molecule has 0 aliphatic carbocycles. The Morgan fingerprint density at radius 3 is 2.12 bits per heavy atom. The molecular formula is C16H14N2O5S. The molecule has 0 saturated carbocycles. The van der Waals surface area contributed by atoms with E-state index < -0.39 is 11.9 Å². The standard InChI is InChI=1S/C16H14N2O5S/c19-14(10-4-2-1-3-5-10)17-6-7-24-11-8-12(15(20)21)18-13(9-11)16(22)23/h1-5,8-9H,6-7H2,(H,17,19)(H,20,21)(H,22,23). The molecule has 8 heteroatoms. The average Bonchev–Trinajstić information content (AvgIpc) is 2.59. The number of nitrogens with one attached hydrogen (secondary N) is 1. The molecule has 0 spiro atoms. The summed E-state index contributed by atoms with van der Waals surface area (Å²) in [5, 5.41) is 20.7. The third-order valence-corrected chi connectivity index (χ3v) is 3.91. The summed E-state index contributed by atoms with van der Waals surface area (Å²) < 4.78 is 0. The van der Waals surface area contributed by atoms with Gasteiger partial charge in [0.25, 0.3) is 5.91 Å². The van der Waals surface area contributed by atoms with Gasteiger partial charge in [-0.3, -0.25) is 4.79 Å². The number of rotatable bonds is 7. The number of hydrogen-bond acceptors (Lipinski definition) is 5. The smallest absolute Gasteiger partial charge is 0.354 e. The lowest BCUT2D eigenvalue weighted by Gasteiger charge is -2.06. The molecule has 3 N–H and O–H groups in total. The van der Waals surface area contributed by atoms with Crippen molar-refractivity contribution < 1.29 is 24.6 Å². The van der Waals surface area contributed by atoms with Crippen LogP contribution in [0.5, 0.6) is 0 Å². The summed E-state index contributed by atoms with van der Waals surface area (Å²) in [6.45, 7) is 0.353. The summed E-state index contributed by atoms with van der Waals surface area (Å²) in [7, 11) is 0. The van der Waals surface area contributed by atoms with Crippen molar-refractivity contribution in [1.82, 2.24) is 10.3 Å². The topological polar surface area (TPSA) is 117 Å². The number of aromatic nitrogens is 1. The average molecular weight is 346 g/mol. The Morgan fingerprint density at radius 2 is 1.58 bits per heavy atom. The molecule has 0 saturated heterocycles. The normalized spacial score (nSPS) is 10.2. The zero-order valence-electron chi connectivity index (χ0n) is 12.4. The third kappa shape index (κ3) is 4.82. The number of thioether (sulfide) groups is 1. The minimum Gasteiger partial charge on any atom is -0.477 e. The van der Waals surface area contributed by atoms with Crippen molar-refractivity contribution in [2.24, 2.45) is 0 Å². The number of carboxylic acid groups (broad SMARTS) is 2. The number of pyridine rings is 1. The van der Waals surface area contributed by atoms with E-state index >= 15 is 0 Å². The van der Waals surface area contributed by atoms with E-state index in [1.54, 1.807) is 24.3 Å². The van der Waals surface area contributed by atoms with Gasteiger partial charge in [-0.25, -0.2) is 14.6 Å². The van der Waals surface area contributed by atoms with E-state index in [1.807, 2.05) is 6.07 Å². The van der Waals surface area contributed by atoms with Crippen molar-refractivity contribution in [1.29, 1.82) is 0 Å². The first kappa shape index (κ1) is 17.5. The molecule has 1 heterocycles. The number of aromatic carboxylic acids is 2. The van der Waals surface area contributed by atoms with Crippen LogP contribution in [0.3, 0.4) is 0 Å². The predicted octanol–water partition coefficient (Wildman–Crippen LogP) is 2.00. The molecule has 1 amide bonds. The van der Waals surface area contributed by atoms with Crippen LogP contribution < -0.4 is 5.32 Å². The van der Waals surface area contributed by atoms with Gasteiger partial charge in [-0.1, -0.05) is 18.2 Å².